The predicted molar refractivity (Wildman–Crippen MR) is 90.4 cm³/mol. The summed E-state index contributed by atoms with van der Waals surface area (Å²) in [5.41, 5.74) is 1.21. The average molecular weight is 329 g/mol. The summed E-state index contributed by atoms with van der Waals surface area (Å²) in [4.78, 5) is 14.7. The highest BCUT2D eigenvalue weighted by Gasteiger charge is 2.28. The highest BCUT2D eigenvalue weighted by Crippen LogP contribution is 2.24. The Bertz CT molecular complexity index is 684. The number of amides is 1. The van der Waals surface area contributed by atoms with E-state index in [1.807, 2.05) is 37.3 Å². The molecule has 1 amide bonds. The predicted octanol–water partition coefficient (Wildman–Crippen LogP) is 2.12. The number of nitrogens with zero attached hydrogens (tertiary/aromatic N) is 3. The van der Waals surface area contributed by atoms with Crippen LogP contribution < -0.4 is 4.74 Å². The maximum atomic E-state index is 12.9. The second kappa shape index (κ2) is 7.49. The van der Waals surface area contributed by atoms with E-state index in [1.165, 1.54) is 0 Å². The number of para-hydroxylation sites is 1. The van der Waals surface area contributed by atoms with Crippen LogP contribution in [0.15, 0.2) is 36.5 Å². The number of piperidine rings is 1. The molecule has 1 unspecified atom stereocenters. The highest BCUT2D eigenvalue weighted by molar-refractivity contribution is 5.95. The molecule has 1 N–H and O–H groups in total. The normalized spacial score (nSPS) is 17.8. The van der Waals surface area contributed by atoms with E-state index in [4.69, 9.17) is 4.74 Å². The zero-order valence-corrected chi connectivity index (χ0v) is 13.9. The molecule has 1 aliphatic rings. The number of hydrogen-bond donors (Lipinski definition) is 1. The van der Waals surface area contributed by atoms with Gasteiger partial charge in [0, 0.05) is 19.7 Å². The van der Waals surface area contributed by atoms with E-state index in [2.05, 4.69) is 5.10 Å². The van der Waals surface area contributed by atoms with E-state index in [-0.39, 0.29) is 18.4 Å². The van der Waals surface area contributed by atoms with Crippen LogP contribution in [0.25, 0.3) is 5.69 Å². The maximum Gasteiger partial charge on any atom is 0.278 e. The minimum Gasteiger partial charge on any atom is -0.490 e. The van der Waals surface area contributed by atoms with Gasteiger partial charge in [-0.25, -0.2) is 4.68 Å². The highest BCUT2D eigenvalue weighted by atomic mass is 16.5. The van der Waals surface area contributed by atoms with Crippen LogP contribution in [0.5, 0.6) is 5.75 Å². The molecule has 0 spiro atoms. The molecule has 1 saturated heterocycles. The number of aliphatic hydroxyl groups excluding tert-OH is 1. The Labute approximate surface area is 141 Å². The first-order valence-corrected chi connectivity index (χ1v) is 8.41. The first kappa shape index (κ1) is 16.5. The lowest BCUT2D eigenvalue weighted by atomic mass is 9.99. The van der Waals surface area contributed by atoms with Crippen LogP contribution in [0, 0.1) is 5.92 Å². The third-order valence-electron chi connectivity index (χ3n) is 4.27. The maximum absolute atomic E-state index is 12.9. The quantitative estimate of drug-likeness (QED) is 0.912. The zero-order chi connectivity index (χ0) is 16.9. The molecular formula is C18H23N3O3. The van der Waals surface area contributed by atoms with Crippen molar-refractivity contribution in [2.45, 2.75) is 19.8 Å². The number of likely N-dealkylation sites (tertiary alicyclic amines) is 1. The Morgan fingerprint density at radius 1 is 1.38 bits per heavy atom. The number of aromatic nitrogens is 2. The Hall–Kier alpha value is -2.34. The summed E-state index contributed by atoms with van der Waals surface area (Å²) >= 11 is 0. The molecule has 1 fully saturated rings. The van der Waals surface area contributed by atoms with Gasteiger partial charge in [-0.3, -0.25) is 4.79 Å². The molecular weight excluding hydrogens is 306 g/mol. The number of rotatable bonds is 5. The number of carbonyl (C=O) groups excluding carboxylic acids is 1. The first-order chi connectivity index (χ1) is 11.7. The number of hydrogen-bond acceptors (Lipinski definition) is 4. The zero-order valence-electron chi connectivity index (χ0n) is 13.9. The monoisotopic (exact) mass is 329 g/mol. The number of benzene rings is 1. The van der Waals surface area contributed by atoms with Crippen LogP contribution in [-0.4, -0.2) is 52.0 Å². The van der Waals surface area contributed by atoms with E-state index in [0.717, 1.165) is 18.5 Å². The van der Waals surface area contributed by atoms with Crippen LogP contribution in [0.1, 0.15) is 30.3 Å². The summed E-state index contributed by atoms with van der Waals surface area (Å²) in [5.74, 6) is 0.512. The van der Waals surface area contributed by atoms with Crippen molar-refractivity contribution >= 4 is 5.91 Å². The smallest absolute Gasteiger partial charge is 0.278 e. The first-order valence-electron chi connectivity index (χ1n) is 8.41. The van der Waals surface area contributed by atoms with Crippen molar-refractivity contribution in [1.29, 1.82) is 0 Å². The SMILES string of the molecule is CCOc1cn(-c2ccccc2)nc1C(=O)N1CCCC(CO)C1. The van der Waals surface area contributed by atoms with Crippen LogP contribution in [0.2, 0.25) is 0 Å². The average Bonchev–Trinajstić information content (AvgIpc) is 3.06. The Kier molecular flexibility index (Phi) is 5.15. The summed E-state index contributed by atoms with van der Waals surface area (Å²) in [6.07, 6.45) is 3.61. The lowest BCUT2D eigenvalue weighted by molar-refractivity contribution is 0.0611. The second-order valence-corrected chi connectivity index (χ2v) is 6.00. The Balaban J connectivity index is 1.88. The Morgan fingerprint density at radius 3 is 2.88 bits per heavy atom. The molecule has 1 aromatic carbocycles. The minimum absolute atomic E-state index is 0.112. The molecule has 24 heavy (non-hydrogen) atoms. The number of carbonyl (C=O) groups is 1. The largest absolute Gasteiger partial charge is 0.490 e. The van der Waals surface area contributed by atoms with Crippen molar-refractivity contribution in [3.05, 3.63) is 42.2 Å². The summed E-state index contributed by atoms with van der Waals surface area (Å²) in [7, 11) is 0. The molecule has 6 nitrogen and oxygen atoms in total. The molecule has 0 aliphatic carbocycles. The van der Waals surface area contributed by atoms with Crippen molar-refractivity contribution in [1.82, 2.24) is 14.7 Å². The van der Waals surface area contributed by atoms with Gasteiger partial charge >= 0.3 is 0 Å². The molecule has 6 heteroatoms. The van der Waals surface area contributed by atoms with Gasteiger partial charge in [-0.05, 0) is 37.8 Å². The fourth-order valence-electron chi connectivity index (χ4n) is 3.03. The van der Waals surface area contributed by atoms with E-state index < -0.39 is 0 Å². The van der Waals surface area contributed by atoms with Gasteiger partial charge in [0.15, 0.2) is 11.4 Å². The van der Waals surface area contributed by atoms with Gasteiger partial charge in [-0.1, -0.05) is 18.2 Å². The van der Waals surface area contributed by atoms with Crippen molar-refractivity contribution < 1.29 is 14.6 Å². The Morgan fingerprint density at radius 2 is 2.17 bits per heavy atom. The van der Waals surface area contributed by atoms with Crippen LogP contribution in [-0.2, 0) is 0 Å². The van der Waals surface area contributed by atoms with Gasteiger partial charge in [0.25, 0.3) is 5.91 Å². The van der Waals surface area contributed by atoms with E-state index >= 15 is 0 Å². The summed E-state index contributed by atoms with van der Waals surface area (Å²) in [5, 5.41) is 13.8. The molecule has 0 bridgehead atoms. The lowest BCUT2D eigenvalue weighted by Gasteiger charge is -2.31. The van der Waals surface area contributed by atoms with E-state index in [1.54, 1.807) is 15.8 Å². The van der Waals surface area contributed by atoms with Crippen LogP contribution in [0.3, 0.4) is 0 Å². The molecule has 1 aromatic heterocycles. The van der Waals surface area contributed by atoms with Crippen molar-refractivity contribution in [3.63, 3.8) is 0 Å². The fraction of sp³-hybridized carbons (Fsp3) is 0.444. The molecule has 1 atom stereocenters. The van der Waals surface area contributed by atoms with Crippen molar-refractivity contribution in [3.8, 4) is 11.4 Å². The van der Waals surface area contributed by atoms with Gasteiger partial charge in [-0.15, -0.1) is 0 Å². The van der Waals surface area contributed by atoms with Gasteiger partial charge < -0.3 is 14.7 Å². The summed E-state index contributed by atoms with van der Waals surface area (Å²) in [6, 6.07) is 9.65. The van der Waals surface area contributed by atoms with Gasteiger partial charge in [0.1, 0.15) is 0 Å². The molecule has 1 aliphatic heterocycles. The lowest BCUT2D eigenvalue weighted by Crippen LogP contribution is -2.41. The molecule has 3 rings (SSSR count). The summed E-state index contributed by atoms with van der Waals surface area (Å²) < 4.78 is 7.30. The third-order valence-corrected chi connectivity index (χ3v) is 4.27. The molecule has 2 heterocycles. The standard InChI is InChI=1S/C18H23N3O3/c1-2-24-16-12-21(15-8-4-3-5-9-15)19-17(16)18(23)20-10-6-7-14(11-20)13-22/h3-5,8-9,12,14,22H,2,6-7,10-11,13H2,1H3. The van der Waals surface area contributed by atoms with Gasteiger partial charge in [-0.2, -0.15) is 5.10 Å². The molecule has 0 saturated carbocycles. The van der Waals surface area contributed by atoms with Gasteiger partial charge in [0.2, 0.25) is 0 Å². The fourth-order valence-corrected chi connectivity index (χ4v) is 3.03. The van der Waals surface area contributed by atoms with Crippen LogP contribution >= 0.6 is 0 Å². The topological polar surface area (TPSA) is 67.6 Å². The molecule has 128 valence electrons. The third kappa shape index (κ3) is 3.43. The van der Waals surface area contributed by atoms with Crippen LogP contribution in [0.4, 0.5) is 0 Å². The number of ether oxygens (including phenoxy) is 1. The van der Waals surface area contributed by atoms with Crippen molar-refractivity contribution in [2.24, 2.45) is 5.92 Å². The summed E-state index contributed by atoms with van der Waals surface area (Å²) in [6.45, 7) is 3.73. The van der Waals surface area contributed by atoms with Gasteiger partial charge in [0.05, 0.1) is 18.5 Å². The molecule has 2 aromatic rings. The number of aliphatic hydroxyl groups is 1. The van der Waals surface area contributed by atoms with E-state index in [0.29, 0.717) is 31.1 Å². The van der Waals surface area contributed by atoms with E-state index in [9.17, 15) is 9.90 Å². The van der Waals surface area contributed by atoms with Crippen molar-refractivity contribution in [2.75, 3.05) is 26.3 Å². The minimum atomic E-state index is -0.133. The molecule has 0 radical (unpaired) electrons. The second-order valence-electron chi connectivity index (χ2n) is 6.00.